The Hall–Kier alpha value is -0.600. The molecule has 0 saturated carbocycles. The molecule has 0 aromatic heterocycles. The first-order valence-corrected chi connectivity index (χ1v) is 5.21. The Bertz CT molecular complexity index is 363. The molecule has 0 radical (unpaired) electrons. The standard InChI is InChI=1S/C11H12ClFO/c12-10-5-7-3-1-2-4-8(7)9(6-14)11(10)13/h5,14H,1-4,6H2. The van der Waals surface area contributed by atoms with Gasteiger partial charge in [-0.15, -0.1) is 0 Å². The zero-order chi connectivity index (χ0) is 10.1. The maximum atomic E-state index is 13.5. The van der Waals surface area contributed by atoms with Crippen LogP contribution in [0.4, 0.5) is 4.39 Å². The van der Waals surface area contributed by atoms with E-state index in [4.69, 9.17) is 16.7 Å². The van der Waals surface area contributed by atoms with Gasteiger partial charge in [0.25, 0.3) is 0 Å². The Labute approximate surface area is 87.5 Å². The third-order valence-electron chi connectivity index (χ3n) is 2.81. The molecule has 1 aromatic rings. The van der Waals surface area contributed by atoms with Crippen molar-refractivity contribution in [3.8, 4) is 0 Å². The van der Waals surface area contributed by atoms with E-state index >= 15 is 0 Å². The fraction of sp³-hybridized carbons (Fsp3) is 0.455. The Balaban J connectivity index is 2.60. The van der Waals surface area contributed by atoms with Gasteiger partial charge in [0.2, 0.25) is 0 Å². The van der Waals surface area contributed by atoms with Crippen LogP contribution in [-0.2, 0) is 19.4 Å². The van der Waals surface area contributed by atoms with Gasteiger partial charge in [0, 0.05) is 5.56 Å². The number of aliphatic hydroxyl groups is 1. The van der Waals surface area contributed by atoms with Crippen LogP contribution in [-0.4, -0.2) is 5.11 Å². The second-order valence-corrected chi connectivity index (χ2v) is 4.06. The molecule has 0 amide bonds. The number of hydrogen-bond donors (Lipinski definition) is 1. The van der Waals surface area contributed by atoms with Crippen LogP contribution < -0.4 is 0 Å². The van der Waals surface area contributed by atoms with Gasteiger partial charge in [0.1, 0.15) is 5.82 Å². The number of aliphatic hydroxyl groups excluding tert-OH is 1. The third kappa shape index (κ3) is 1.53. The molecular weight excluding hydrogens is 203 g/mol. The summed E-state index contributed by atoms with van der Waals surface area (Å²) < 4.78 is 13.5. The molecule has 0 saturated heterocycles. The lowest BCUT2D eigenvalue weighted by Crippen LogP contribution is -2.09. The van der Waals surface area contributed by atoms with Crippen LogP contribution in [0.3, 0.4) is 0 Å². The van der Waals surface area contributed by atoms with E-state index in [-0.39, 0.29) is 11.6 Å². The molecule has 1 nitrogen and oxygen atoms in total. The number of rotatable bonds is 1. The minimum atomic E-state index is -0.449. The summed E-state index contributed by atoms with van der Waals surface area (Å²) in [5.41, 5.74) is 2.47. The highest BCUT2D eigenvalue weighted by atomic mass is 35.5. The second-order valence-electron chi connectivity index (χ2n) is 3.65. The van der Waals surface area contributed by atoms with Gasteiger partial charge in [0.05, 0.1) is 11.6 Å². The predicted molar refractivity (Wildman–Crippen MR) is 54.0 cm³/mol. The van der Waals surface area contributed by atoms with E-state index in [1.807, 2.05) is 0 Å². The Kier molecular flexibility index (Phi) is 2.75. The minimum Gasteiger partial charge on any atom is -0.392 e. The molecule has 0 fully saturated rings. The maximum absolute atomic E-state index is 13.5. The maximum Gasteiger partial charge on any atom is 0.147 e. The van der Waals surface area contributed by atoms with Crippen LogP contribution in [0, 0.1) is 5.82 Å². The van der Waals surface area contributed by atoms with E-state index in [9.17, 15) is 4.39 Å². The van der Waals surface area contributed by atoms with Crippen molar-refractivity contribution < 1.29 is 9.50 Å². The molecule has 1 aliphatic carbocycles. The molecule has 14 heavy (non-hydrogen) atoms. The summed E-state index contributed by atoms with van der Waals surface area (Å²) in [6, 6.07) is 1.70. The first-order chi connectivity index (χ1) is 6.74. The summed E-state index contributed by atoms with van der Waals surface area (Å²) in [6.45, 7) is -0.255. The van der Waals surface area contributed by atoms with Gasteiger partial charge in [0.15, 0.2) is 0 Å². The third-order valence-corrected chi connectivity index (χ3v) is 3.08. The molecule has 0 unspecified atom stereocenters. The molecule has 1 aliphatic rings. The average molecular weight is 215 g/mol. The van der Waals surface area contributed by atoms with Gasteiger partial charge in [-0.3, -0.25) is 0 Å². The van der Waals surface area contributed by atoms with E-state index in [0.29, 0.717) is 5.56 Å². The molecule has 0 atom stereocenters. The Morgan fingerprint density at radius 3 is 2.79 bits per heavy atom. The molecule has 1 aromatic carbocycles. The summed E-state index contributed by atoms with van der Waals surface area (Å²) in [4.78, 5) is 0. The SMILES string of the molecule is OCc1c(F)c(Cl)cc2c1CCCC2. The van der Waals surface area contributed by atoms with Crippen LogP contribution in [0.5, 0.6) is 0 Å². The van der Waals surface area contributed by atoms with Crippen molar-refractivity contribution >= 4 is 11.6 Å². The molecular formula is C11H12ClFO. The van der Waals surface area contributed by atoms with Crippen LogP contribution in [0.2, 0.25) is 5.02 Å². The molecule has 3 heteroatoms. The first kappa shape index (κ1) is 9.94. The van der Waals surface area contributed by atoms with Crippen molar-refractivity contribution in [3.05, 3.63) is 33.6 Å². The van der Waals surface area contributed by atoms with Gasteiger partial charge < -0.3 is 5.11 Å². The van der Waals surface area contributed by atoms with Gasteiger partial charge >= 0.3 is 0 Å². The first-order valence-electron chi connectivity index (χ1n) is 4.83. The van der Waals surface area contributed by atoms with Crippen molar-refractivity contribution in [1.29, 1.82) is 0 Å². The zero-order valence-electron chi connectivity index (χ0n) is 7.82. The van der Waals surface area contributed by atoms with E-state index in [1.165, 1.54) is 0 Å². The molecule has 76 valence electrons. The Morgan fingerprint density at radius 1 is 1.36 bits per heavy atom. The monoisotopic (exact) mass is 214 g/mol. The summed E-state index contributed by atoms with van der Waals surface area (Å²) in [5.74, 6) is -0.449. The van der Waals surface area contributed by atoms with Crippen LogP contribution in [0.15, 0.2) is 6.07 Å². The normalized spacial score (nSPS) is 15.4. The number of benzene rings is 1. The number of halogens is 2. The molecule has 0 bridgehead atoms. The van der Waals surface area contributed by atoms with Crippen molar-refractivity contribution in [2.24, 2.45) is 0 Å². The molecule has 0 heterocycles. The molecule has 1 N–H and O–H groups in total. The van der Waals surface area contributed by atoms with E-state index < -0.39 is 5.82 Å². The number of hydrogen-bond acceptors (Lipinski definition) is 1. The van der Waals surface area contributed by atoms with Crippen LogP contribution >= 0.6 is 11.6 Å². The molecule has 2 rings (SSSR count). The van der Waals surface area contributed by atoms with Crippen molar-refractivity contribution in [1.82, 2.24) is 0 Å². The smallest absolute Gasteiger partial charge is 0.147 e. The summed E-state index contributed by atoms with van der Waals surface area (Å²) in [7, 11) is 0. The van der Waals surface area contributed by atoms with Gasteiger partial charge in [-0.1, -0.05) is 11.6 Å². The number of fused-ring (bicyclic) bond motifs is 1. The van der Waals surface area contributed by atoms with E-state index in [2.05, 4.69) is 0 Å². The fourth-order valence-electron chi connectivity index (χ4n) is 2.09. The zero-order valence-corrected chi connectivity index (χ0v) is 8.57. The van der Waals surface area contributed by atoms with E-state index in [1.54, 1.807) is 6.07 Å². The van der Waals surface area contributed by atoms with Crippen molar-refractivity contribution in [2.45, 2.75) is 32.3 Å². The topological polar surface area (TPSA) is 20.2 Å². The second kappa shape index (κ2) is 3.87. The van der Waals surface area contributed by atoms with Crippen LogP contribution in [0.1, 0.15) is 29.5 Å². The summed E-state index contributed by atoms with van der Waals surface area (Å²) in [5, 5.41) is 9.23. The van der Waals surface area contributed by atoms with Gasteiger partial charge in [-0.25, -0.2) is 4.39 Å². The molecule has 0 aliphatic heterocycles. The summed E-state index contributed by atoms with van der Waals surface area (Å²) in [6.07, 6.45) is 4.00. The van der Waals surface area contributed by atoms with Crippen molar-refractivity contribution in [3.63, 3.8) is 0 Å². The lowest BCUT2D eigenvalue weighted by molar-refractivity contribution is 0.273. The van der Waals surface area contributed by atoms with Gasteiger partial charge in [-0.05, 0) is 42.9 Å². The highest BCUT2D eigenvalue weighted by molar-refractivity contribution is 6.30. The number of aryl methyl sites for hydroxylation is 1. The summed E-state index contributed by atoms with van der Waals surface area (Å²) >= 11 is 5.74. The highest BCUT2D eigenvalue weighted by Crippen LogP contribution is 2.30. The lowest BCUT2D eigenvalue weighted by Gasteiger charge is -2.19. The Morgan fingerprint density at radius 2 is 2.07 bits per heavy atom. The van der Waals surface area contributed by atoms with Gasteiger partial charge in [-0.2, -0.15) is 0 Å². The van der Waals surface area contributed by atoms with Crippen molar-refractivity contribution in [2.75, 3.05) is 0 Å². The predicted octanol–water partition coefficient (Wildman–Crippen LogP) is 2.85. The van der Waals surface area contributed by atoms with Crippen LogP contribution in [0.25, 0.3) is 0 Å². The highest BCUT2D eigenvalue weighted by Gasteiger charge is 2.18. The average Bonchev–Trinajstić information content (AvgIpc) is 2.20. The largest absolute Gasteiger partial charge is 0.392 e. The quantitative estimate of drug-likeness (QED) is 0.762. The minimum absolute atomic E-state index is 0.134. The molecule has 0 spiro atoms. The fourth-order valence-corrected chi connectivity index (χ4v) is 2.34. The lowest BCUT2D eigenvalue weighted by atomic mass is 9.88. The van der Waals surface area contributed by atoms with E-state index in [0.717, 1.165) is 36.8 Å².